The Bertz CT molecular complexity index is 1880. The number of carbonyl (C=O) groups is 1. The van der Waals surface area contributed by atoms with Crippen molar-refractivity contribution in [3.63, 3.8) is 0 Å². The van der Waals surface area contributed by atoms with E-state index < -0.39 is 86.8 Å². The Balaban J connectivity index is 1.70. The number of amides is 1. The summed E-state index contributed by atoms with van der Waals surface area (Å²) in [5, 5.41) is 87.5. The number of nitrogens with one attached hydrogen (secondary N) is 1. The van der Waals surface area contributed by atoms with E-state index in [1.54, 1.807) is 6.08 Å². The molecule has 2 heterocycles. The van der Waals surface area contributed by atoms with Gasteiger partial charge in [0.2, 0.25) is 5.91 Å². The van der Waals surface area contributed by atoms with Gasteiger partial charge in [0.25, 0.3) is 0 Å². The normalized spacial score (nSPS) is 23.5. The fraction of sp³-hybridized carbons (Fsp3) is 0.776. The van der Waals surface area contributed by atoms with Crippen LogP contribution in [0, 0.1) is 0 Å². The average molecular weight is 1270 g/mol. The SMILES string of the molecule is CC/C=C\C/C=C\C/C=C\C/C=C\C/C=C\C/C=C\CCCCCCCCCCC(=O)NC(COC1OC(CO)C(OC2OC(CO)C(O)C(O)C2O)C(O)C1O)C(O)/C=C/CC/C=C/CCCCCCCCCCCCCCCCCCCCCCCCC. The molecule has 0 saturated carbocycles. The third-order valence-corrected chi connectivity index (χ3v) is 17.3. The molecule has 2 fully saturated rings. The second-order valence-corrected chi connectivity index (χ2v) is 25.3. The fourth-order valence-corrected chi connectivity index (χ4v) is 11.5. The number of carbonyl (C=O) groups excluding carboxylic acids is 1. The van der Waals surface area contributed by atoms with Gasteiger partial charge in [-0.15, -0.1) is 0 Å². The molecule has 14 nitrogen and oxygen atoms in total. The maximum Gasteiger partial charge on any atom is 0.220 e. The highest BCUT2D eigenvalue weighted by atomic mass is 16.7. The average Bonchev–Trinajstić information content (AvgIpc) is 1.41. The minimum absolute atomic E-state index is 0.258. The third kappa shape index (κ3) is 43.0. The molecule has 0 bridgehead atoms. The van der Waals surface area contributed by atoms with Crippen LogP contribution in [0.15, 0.2) is 97.2 Å². The Morgan fingerprint density at radius 1 is 0.411 bits per heavy atom. The van der Waals surface area contributed by atoms with Crippen LogP contribution in [-0.2, 0) is 23.7 Å². The summed E-state index contributed by atoms with van der Waals surface area (Å²) in [5.41, 5.74) is 0. The number of allylic oxidation sites excluding steroid dienone is 15. The second-order valence-electron chi connectivity index (χ2n) is 25.3. The van der Waals surface area contributed by atoms with E-state index in [-0.39, 0.29) is 18.9 Å². The van der Waals surface area contributed by atoms with Gasteiger partial charge < -0.3 is 65.1 Å². The van der Waals surface area contributed by atoms with Crippen LogP contribution in [0.1, 0.15) is 284 Å². The van der Waals surface area contributed by atoms with Gasteiger partial charge in [0.1, 0.15) is 48.8 Å². The molecule has 12 atom stereocenters. The highest BCUT2D eigenvalue weighted by Gasteiger charge is 2.51. The van der Waals surface area contributed by atoms with Crippen LogP contribution < -0.4 is 5.32 Å². The molecule has 0 aromatic heterocycles. The molecule has 520 valence electrons. The number of aliphatic hydroxyl groups excluding tert-OH is 8. The summed E-state index contributed by atoms with van der Waals surface area (Å²) in [6.45, 7) is 2.69. The first-order valence-electron chi connectivity index (χ1n) is 36.5. The monoisotopic (exact) mass is 1270 g/mol. The van der Waals surface area contributed by atoms with Crippen molar-refractivity contribution in [2.75, 3.05) is 19.8 Å². The Morgan fingerprint density at radius 3 is 1.22 bits per heavy atom. The molecule has 12 unspecified atom stereocenters. The summed E-state index contributed by atoms with van der Waals surface area (Å²) in [6, 6.07) is -0.945. The van der Waals surface area contributed by atoms with E-state index in [0.29, 0.717) is 12.8 Å². The molecule has 0 aromatic rings. The lowest BCUT2D eigenvalue weighted by Crippen LogP contribution is -2.65. The number of hydrogen-bond acceptors (Lipinski definition) is 13. The minimum Gasteiger partial charge on any atom is -0.394 e. The maximum absolute atomic E-state index is 13.3. The minimum atomic E-state index is -1.80. The van der Waals surface area contributed by atoms with Crippen LogP contribution in [0.5, 0.6) is 0 Å². The smallest absolute Gasteiger partial charge is 0.220 e. The number of rotatable bonds is 59. The molecule has 90 heavy (non-hydrogen) atoms. The molecule has 9 N–H and O–H groups in total. The van der Waals surface area contributed by atoms with Crippen LogP contribution in [0.25, 0.3) is 0 Å². The van der Waals surface area contributed by atoms with Crippen molar-refractivity contribution in [2.24, 2.45) is 0 Å². The van der Waals surface area contributed by atoms with E-state index in [4.69, 9.17) is 18.9 Å². The van der Waals surface area contributed by atoms with Gasteiger partial charge in [-0.1, -0.05) is 291 Å². The number of ether oxygens (including phenoxy) is 4. The zero-order chi connectivity index (χ0) is 65.2. The van der Waals surface area contributed by atoms with Crippen molar-refractivity contribution in [3.8, 4) is 0 Å². The van der Waals surface area contributed by atoms with Crippen LogP contribution >= 0.6 is 0 Å². The topological polar surface area (TPSA) is 228 Å². The first kappa shape index (κ1) is 83.0. The predicted octanol–water partition coefficient (Wildman–Crippen LogP) is 15.3. The van der Waals surface area contributed by atoms with Gasteiger partial charge in [-0.25, -0.2) is 0 Å². The van der Waals surface area contributed by atoms with E-state index in [9.17, 15) is 45.6 Å². The predicted molar refractivity (Wildman–Crippen MR) is 369 cm³/mol. The van der Waals surface area contributed by atoms with Gasteiger partial charge in [-0.3, -0.25) is 4.79 Å². The largest absolute Gasteiger partial charge is 0.394 e. The van der Waals surface area contributed by atoms with Crippen molar-refractivity contribution in [3.05, 3.63) is 97.2 Å². The van der Waals surface area contributed by atoms with E-state index in [1.165, 1.54) is 167 Å². The molecule has 2 aliphatic heterocycles. The molecule has 2 rings (SSSR count). The van der Waals surface area contributed by atoms with E-state index >= 15 is 0 Å². The number of unbranched alkanes of at least 4 members (excludes halogenated alkanes) is 32. The molecule has 0 spiro atoms. The second kappa shape index (κ2) is 59.6. The summed E-state index contributed by atoms with van der Waals surface area (Å²) < 4.78 is 22.9. The molecule has 0 radical (unpaired) electrons. The van der Waals surface area contributed by atoms with E-state index in [1.807, 2.05) is 6.08 Å². The highest BCUT2D eigenvalue weighted by Crippen LogP contribution is 2.30. The first-order valence-corrected chi connectivity index (χ1v) is 36.5. The lowest BCUT2D eigenvalue weighted by atomic mass is 9.97. The van der Waals surface area contributed by atoms with Crippen LogP contribution in [0.3, 0.4) is 0 Å². The van der Waals surface area contributed by atoms with Crippen molar-refractivity contribution in [2.45, 2.75) is 357 Å². The standard InChI is InChI=1S/C76H133NO13/c1-3-5-7-9-11-13-15-17-19-21-23-25-27-29-31-32-34-35-37-39-41-43-45-47-49-51-53-55-57-59-65(80)64(63-87-75-73(86)71(84)74(67(62-79)89-75)90-76-72(85)70(83)69(82)66(61-78)88-76)77-68(81)60-58-56-54-52-50-48-46-44-42-40-38-36-33-30-28-26-24-22-20-18-16-14-12-10-8-6-4-2/h6,8,12,14,18,20,24,26,30,33,38,40,49,51,57,59,64-67,69-76,78-80,82-86H,3-5,7,9-11,13,15-17,19,21-23,25,27-29,31-32,34-37,39,41-48,50,52-56,58,60-63H2,1-2H3,(H,77,81)/b8-6-,14-12-,20-18-,26-24-,33-30-,40-38-,51-49+,59-57+. The van der Waals surface area contributed by atoms with Crippen LogP contribution in [-0.4, -0.2) is 140 Å². The Hall–Kier alpha value is -3.09. The maximum atomic E-state index is 13.3. The van der Waals surface area contributed by atoms with Crippen molar-refractivity contribution >= 4 is 5.91 Å². The van der Waals surface area contributed by atoms with Crippen molar-refractivity contribution in [1.29, 1.82) is 0 Å². The quantitative estimate of drug-likeness (QED) is 0.0204. The molecular formula is C76H133NO13. The third-order valence-electron chi connectivity index (χ3n) is 17.3. The first-order chi connectivity index (χ1) is 44.1. The highest BCUT2D eigenvalue weighted by molar-refractivity contribution is 5.76. The molecule has 2 aliphatic rings. The molecule has 0 aliphatic carbocycles. The lowest BCUT2D eigenvalue weighted by molar-refractivity contribution is -0.359. The molecule has 2 saturated heterocycles. The Labute approximate surface area is 547 Å². The molecular weight excluding hydrogens is 1130 g/mol. The Morgan fingerprint density at radius 2 is 0.778 bits per heavy atom. The zero-order valence-electron chi connectivity index (χ0n) is 56.6. The number of aliphatic hydroxyl groups is 8. The van der Waals surface area contributed by atoms with Gasteiger partial charge in [0.05, 0.1) is 32.0 Å². The summed E-state index contributed by atoms with van der Waals surface area (Å²) >= 11 is 0. The zero-order valence-corrected chi connectivity index (χ0v) is 56.6. The molecule has 0 aromatic carbocycles. The van der Waals surface area contributed by atoms with Crippen LogP contribution in [0.4, 0.5) is 0 Å². The van der Waals surface area contributed by atoms with Gasteiger partial charge in [0.15, 0.2) is 12.6 Å². The van der Waals surface area contributed by atoms with E-state index in [2.05, 4.69) is 104 Å². The number of hydrogen-bond donors (Lipinski definition) is 9. The van der Waals surface area contributed by atoms with Gasteiger partial charge >= 0.3 is 0 Å². The van der Waals surface area contributed by atoms with Gasteiger partial charge in [-0.2, -0.15) is 0 Å². The summed E-state index contributed by atoms with van der Waals surface area (Å²) in [5.74, 6) is -0.259. The van der Waals surface area contributed by atoms with Gasteiger partial charge in [-0.05, 0) is 83.5 Å². The molecule has 14 heteroatoms. The van der Waals surface area contributed by atoms with Gasteiger partial charge in [0, 0.05) is 6.42 Å². The molecule has 1 amide bonds. The van der Waals surface area contributed by atoms with Crippen molar-refractivity contribution in [1.82, 2.24) is 5.32 Å². The fourth-order valence-electron chi connectivity index (χ4n) is 11.5. The van der Waals surface area contributed by atoms with Crippen LogP contribution in [0.2, 0.25) is 0 Å². The summed E-state index contributed by atoms with van der Waals surface area (Å²) in [4.78, 5) is 13.3. The summed E-state index contributed by atoms with van der Waals surface area (Å²) in [7, 11) is 0. The summed E-state index contributed by atoms with van der Waals surface area (Å²) in [6.07, 6.45) is 67.5. The lowest BCUT2D eigenvalue weighted by Gasteiger charge is -2.46. The van der Waals surface area contributed by atoms with Crippen molar-refractivity contribution < 1.29 is 64.6 Å². The Kier molecular flexibility index (Phi) is 55.0. The van der Waals surface area contributed by atoms with E-state index in [0.717, 1.165) is 83.5 Å².